The Hall–Kier alpha value is -2.51. The highest BCUT2D eigenvalue weighted by Crippen LogP contribution is 2.26. The van der Waals surface area contributed by atoms with Crippen molar-refractivity contribution >= 4 is 46.8 Å². The van der Waals surface area contributed by atoms with Crippen LogP contribution >= 0.6 is 24.0 Å². The summed E-state index contributed by atoms with van der Waals surface area (Å²) >= 11 is 6.91. The van der Waals surface area contributed by atoms with Crippen LogP contribution in [0.25, 0.3) is 6.08 Å². The van der Waals surface area contributed by atoms with Crippen molar-refractivity contribution in [2.45, 2.75) is 5.37 Å². The highest BCUT2D eigenvalue weighted by atomic mass is 32.2. The minimum Gasteiger partial charge on any atom is -0.495 e. The van der Waals surface area contributed by atoms with E-state index in [1.54, 1.807) is 23.9 Å². The summed E-state index contributed by atoms with van der Waals surface area (Å²) in [5, 5.41) is 4.83. The zero-order valence-electron chi connectivity index (χ0n) is 14.2. The lowest BCUT2D eigenvalue weighted by Gasteiger charge is -2.24. The first-order valence-electron chi connectivity index (χ1n) is 8.05. The number of ether oxygens (including phenoxy) is 1. The topological polar surface area (TPSA) is 53.6 Å². The van der Waals surface area contributed by atoms with E-state index < -0.39 is 0 Å². The second-order valence-electron chi connectivity index (χ2n) is 5.50. The summed E-state index contributed by atoms with van der Waals surface area (Å²) in [5.74, 6) is 1.08. The lowest BCUT2D eigenvalue weighted by Crippen LogP contribution is -2.48. The van der Waals surface area contributed by atoms with Gasteiger partial charge in [-0.05, 0) is 36.0 Å². The monoisotopic (exact) mass is 385 g/mol. The maximum atomic E-state index is 12.2. The molecule has 7 heteroatoms. The number of anilines is 1. The molecule has 2 aromatic rings. The van der Waals surface area contributed by atoms with E-state index in [1.165, 1.54) is 0 Å². The molecule has 0 unspecified atom stereocenters. The number of methoxy groups -OCH3 is 1. The van der Waals surface area contributed by atoms with E-state index in [-0.39, 0.29) is 11.3 Å². The molecule has 2 aromatic carbocycles. The summed E-state index contributed by atoms with van der Waals surface area (Å²) in [6.45, 7) is 0. The van der Waals surface area contributed by atoms with Gasteiger partial charge in [0.25, 0.3) is 5.91 Å². The first-order valence-corrected chi connectivity index (χ1v) is 9.50. The van der Waals surface area contributed by atoms with E-state index in [1.807, 2.05) is 66.7 Å². The fourth-order valence-electron chi connectivity index (χ4n) is 2.48. The fraction of sp³-hybridized carbons (Fsp3) is 0.158. The Labute approximate surface area is 162 Å². The summed E-state index contributed by atoms with van der Waals surface area (Å²) in [7, 11) is 1.60. The van der Waals surface area contributed by atoms with Crippen LogP contribution in [0.2, 0.25) is 0 Å². The summed E-state index contributed by atoms with van der Waals surface area (Å²) < 4.78 is 5.30. The predicted molar refractivity (Wildman–Crippen MR) is 111 cm³/mol. The van der Waals surface area contributed by atoms with Gasteiger partial charge in [-0.1, -0.05) is 48.5 Å². The van der Waals surface area contributed by atoms with Crippen LogP contribution in [0.5, 0.6) is 5.75 Å². The van der Waals surface area contributed by atoms with E-state index in [2.05, 4.69) is 10.7 Å². The molecule has 26 heavy (non-hydrogen) atoms. The number of rotatable bonds is 5. The lowest BCUT2D eigenvalue weighted by atomic mass is 10.2. The van der Waals surface area contributed by atoms with Gasteiger partial charge in [0, 0.05) is 0 Å². The minimum absolute atomic E-state index is 0.0121. The molecule has 0 spiro atoms. The van der Waals surface area contributed by atoms with Crippen molar-refractivity contribution in [2.24, 2.45) is 0 Å². The highest BCUT2D eigenvalue weighted by Gasteiger charge is 2.30. The average molecular weight is 386 g/mol. The molecule has 3 rings (SSSR count). The largest absolute Gasteiger partial charge is 0.495 e. The molecular formula is C19H19N3O2S2. The molecular weight excluding hydrogens is 366 g/mol. The van der Waals surface area contributed by atoms with Gasteiger partial charge in [0.1, 0.15) is 11.1 Å². The molecule has 2 N–H and O–H groups in total. The summed E-state index contributed by atoms with van der Waals surface area (Å²) in [6, 6.07) is 17.4. The smallest absolute Gasteiger partial charge is 0.252 e. The summed E-state index contributed by atoms with van der Waals surface area (Å²) in [6.07, 6.45) is 3.99. The third kappa shape index (κ3) is 4.56. The summed E-state index contributed by atoms with van der Waals surface area (Å²) in [4.78, 5) is 12.2. The van der Waals surface area contributed by atoms with Crippen LogP contribution in [-0.4, -0.2) is 34.3 Å². The molecule has 5 nitrogen and oxygen atoms in total. The van der Waals surface area contributed by atoms with Gasteiger partial charge in [0.05, 0.1) is 18.6 Å². The molecule has 1 atom stereocenters. The van der Waals surface area contributed by atoms with Gasteiger partial charge >= 0.3 is 0 Å². The quantitative estimate of drug-likeness (QED) is 0.769. The molecule has 134 valence electrons. The standard InChI is InChI=1S/C19H19N3O2S2/c1-24-16-10-6-5-9-15(16)20-19(25)21-22-17(23)13-26-18(22)12-11-14-7-3-2-4-8-14/h2-12,18H,13H2,1H3,(H2,20,21,25)/b12-11+/t18-/m0/s1. The molecule has 0 radical (unpaired) electrons. The number of carbonyl (C=O) groups excluding carboxylic acids is 1. The van der Waals surface area contributed by atoms with Gasteiger partial charge in [-0.15, -0.1) is 11.8 Å². The van der Waals surface area contributed by atoms with Crippen LogP contribution in [0.15, 0.2) is 60.7 Å². The molecule has 1 saturated heterocycles. The predicted octanol–water partition coefficient (Wildman–Crippen LogP) is 3.51. The first-order chi connectivity index (χ1) is 12.7. The van der Waals surface area contributed by atoms with Crippen molar-refractivity contribution in [1.29, 1.82) is 0 Å². The molecule has 0 saturated carbocycles. The molecule has 1 heterocycles. The number of thiocarbonyl (C=S) groups is 1. The van der Waals surface area contributed by atoms with Gasteiger partial charge in [-0.25, -0.2) is 5.01 Å². The summed E-state index contributed by atoms with van der Waals surface area (Å²) in [5.41, 5.74) is 4.82. The van der Waals surface area contributed by atoms with Crippen LogP contribution in [0.4, 0.5) is 5.69 Å². The molecule has 1 aliphatic rings. The van der Waals surface area contributed by atoms with Crippen molar-refractivity contribution in [1.82, 2.24) is 10.4 Å². The van der Waals surface area contributed by atoms with E-state index in [9.17, 15) is 4.79 Å². The third-order valence-electron chi connectivity index (χ3n) is 3.73. The number of amides is 1. The highest BCUT2D eigenvalue weighted by molar-refractivity contribution is 8.01. The maximum Gasteiger partial charge on any atom is 0.252 e. The molecule has 0 aromatic heterocycles. The van der Waals surface area contributed by atoms with Crippen LogP contribution in [0.3, 0.4) is 0 Å². The van der Waals surface area contributed by atoms with Crippen molar-refractivity contribution < 1.29 is 9.53 Å². The minimum atomic E-state index is -0.125. The van der Waals surface area contributed by atoms with Gasteiger partial charge in [0.2, 0.25) is 0 Å². The Balaban J connectivity index is 1.65. The van der Waals surface area contributed by atoms with E-state index >= 15 is 0 Å². The van der Waals surface area contributed by atoms with Gasteiger partial charge in [0.15, 0.2) is 5.11 Å². The Kier molecular flexibility index (Phi) is 6.14. The SMILES string of the molecule is COc1ccccc1NC(=S)NN1C(=O)CS[C@H]1/C=C/c1ccccc1. The van der Waals surface area contributed by atoms with Crippen molar-refractivity contribution in [3.8, 4) is 5.75 Å². The molecule has 1 fully saturated rings. The number of nitrogens with one attached hydrogen (secondary N) is 2. The number of benzene rings is 2. The molecule has 1 amide bonds. The van der Waals surface area contributed by atoms with E-state index in [0.717, 1.165) is 11.3 Å². The van der Waals surface area contributed by atoms with Crippen LogP contribution in [-0.2, 0) is 4.79 Å². The van der Waals surface area contributed by atoms with Crippen LogP contribution in [0, 0.1) is 0 Å². The van der Waals surface area contributed by atoms with Crippen molar-refractivity contribution in [2.75, 3.05) is 18.2 Å². The Morgan fingerprint density at radius 2 is 1.96 bits per heavy atom. The number of carbonyl (C=O) groups is 1. The molecule has 0 bridgehead atoms. The third-order valence-corrected chi connectivity index (χ3v) is 5.05. The maximum absolute atomic E-state index is 12.2. The number of hydrogen-bond acceptors (Lipinski definition) is 4. The Morgan fingerprint density at radius 3 is 2.73 bits per heavy atom. The molecule has 1 aliphatic heterocycles. The Bertz CT molecular complexity index is 811. The normalized spacial score (nSPS) is 16.7. The number of hydrogen-bond donors (Lipinski definition) is 2. The lowest BCUT2D eigenvalue weighted by molar-refractivity contribution is -0.129. The Morgan fingerprint density at radius 1 is 1.23 bits per heavy atom. The van der Waals surface area contributed by atoms with Crippen molar-refractivity contribution in [3.05, 3.63) is 66.2 Å². The number of nitrogens with zero attached hydrogens (tertiary/aromatic N) is 1. The number of thioether (sulfide) groups is 1. The van der Waals surface area contributed by atoms with E-state index in [4.69, 9.17) is 17.0 Å². The van der Waals surface area contributed by atoms with Crippen molar-refractivity contribution in [3.63, 3.8) is 0 Å². The van der Waals surface area contributed by atoms with Crippen LogP contribution < -0.4 is 15.5 Å². The zero-order valence-corrected chi connectivity index (χ0v) is 15.8. The van der Waals surface area contributed by atoms with Gasteiger partial charge < -0.3 is 10.1 Å². The molecule has 0 aliphatic carbocycles. The number of hydrazine groups is 1. The fourth-order valence-corrected chi connectivity index (χ4v) is 3.65. The van der Waals surface area contributed by atoms with Crippen LogP contribution in [0.1, 0.15) is 5.56 Å². The second-order valence-corrected chi connectivity index (χ2v) is 7.01. The van der Waals surface area contributed by atoms with E-state index in [0.29, 0.717) is 16.6 Å². The van der Waals surface area contributed by atoms with Gasteiger partial charge in [-0.3, -0.25) is 10.2 Å². The second kappa shape index (κ2) is 8.73. The first kappa shape index (κ1) is 18.3. The average Bonchev–Trinajstić information content (AvgIpc) is 3.01. The zero-order chi connectivity index (χ0) is 18.4. The number of para-hydroxylation sites is 2. The van der Waals surface area contributed by atoms with Gasteiger partial charge in [-0.2, -0.15) is 0 Å².